The lowest BCUT2D eigenvalue weighted by atomic mass is 10.0. The van der Waals surface area contributed by atoms with Gasteiger partial charge in [0, 0.05) is 12.6 Å². The molecule has 0 bridgehead atoms. The van der Waals surface area contributed by atoms with Crippen molar-refractivity contribution in [2.24, 2.45) is 0 Å². The van der Waals surface area contributed by atoms with Crippen LogP contribution in [0, 0.1) is 0 Å². The van der Waals surface area contributed by atoms with Crippen LogP contribution in [0.5, 0.6) is 5.75 Å². The monoisotopic (exact) mass is 327 g/mol. The highest BCUT2D eigenvalue weighted by atomic mass is 16.5. The molecule has 0 unspecified atom stereocenters. The Morgan fingerprint density at radius 3 is 2.46 bits per heavy atom. The van der Waals surface area contributed by atoms with Gasteiger partial charge in [-0.05, 0) is 24.1 Å². The topological polar surface area (TPSA) is 66.8 Å². The van der Waals surface area contributed by atoms with E-state index in [2.05, 4.69) is 0 Å². The number of carbonyl (C=O) groups excluding carboxylic acids is 1. The van der Waals surface area contributed by atoms with Gasteiger partial charge in [-0.2, -0.15) is 0 Å². The van der Waals surface area contributed by atoms with Gasteiger partial charge in [0.2, 0.25) is 0 Å². The summed E-state index contributed by atoms with van der Waals surface area (Å²) in [5, 5.41) is 9.09. The first-order chi connectivity index (χ1) is 11.5. The second-order valence-electron chi connectivity index (χ2n) is 5.48. The summed E-state index contributed by atoms with van der Waals surface area (Å²) in [5.74, 6) is 0.352. The van der Waals surface area contributed by atoms with Gasteiger partial charge in [0.15, 0.2) is 5.78 Å². The highest BCUT2D eigenvalue weighted by molar-refractivity contribution is 6.01. The first kappa shape index (κ1) is 17.5. The van der Waals surface area contributed by atoms with Crippen LogP contribution in [0.3, 0.4) is 0 Å². The number of nitrogens with zero attached hydrogens (tertiary/aromatic N) is 1. The molecule has 0 fully saturated rings. The molecular weight excluding hydrogens is 306 g/mol. The Balaban J connectivity index is 2.11. The van der Waals surface area contributed by atoms with Crippen LogP contribution in [0.2, 0.25) is 0 Å². The number of carbonyl (C=O) groups is 2. The molecule has 1 amide bonds. The Bertz CT molecular complexity index is 700. The second kappa shape index (κ2) is 8.15. The molecule has 2 rings (SSSR count). The molecule has 0 aliphatic carbocycles. The number of rotatable bonds is 7. The molecule has 1 atom stereocenters. The Labute approximate surface area is 141 Å². The van der Waals surface area contributed by atoms with Gasteiger partial charge < -0.3 is 14.7 Å². The van der Waals surface area contributed by atoms with Crippen molar-refractivity contribution in [1.29, 1.82) is 0 Å². The standard InChI is InChI=1S/C19H21NO4/c1-3-17(20(2)19(22)23)18(21)15-10-7-11-16(12-15)24-13-14-8-5-4-6-9-14/h4-12,17H,3,13H2,1-2H3,(H,22,23)/t17-/m0/s1. The molecule has 0 heterocycles. The van der Waals surface area contributed by atoms with E-state index in [0.29, 0.717) is 24.3 Å². The third-order valence-corrected chi connectivity index (χ3v) is 3.83. The van der Waals surface area contributed by atoms with E-state index in [1.165, 1.54) is 7.05 Å². The average Bonchev–Trinajstić information content (AvgIpc) is 2.61. The maximum atomic E-state index is 12.6. The van der Waals surface area contributed by atoms with Gasteiger partial charge in [-0.15, -0.1) is 0 Å². The number of amides is 1. The highest BCUT2D eigenvalue weighted by Gasteiger charge is 2.26. The van der Waals surface area contributed by atoms with Gasteiger partial charge in [0.05, 0.1) is 6.04 Å². The molecule has 5 nitrogen and oxygen atoms in total. The van der Waals surface area contributed by atoms with Crippen LogP contribution in [0.25, 0.3) is 0 Å². The molecule has 0 aliphatic heterocycles. The van der Waals surface area contributed by atoms with Gasteiger partial charge in [0.25, 0.3) is 0 Å². The van der Waals surface area contributed by atoms with Gasteiger partial charge in [-0.25, -0.2) is 4.79 Å². The smallest absolute Gasteiger partial charge is 0.407 e. The van der Waals surface area contributed by atoms with Crippen molar-refractivity contribution < 1.29 is 19.4 Å². The molecule has 1 N–H and O–H groups in total. The van der Waals surface area contributed by atoms with Gasteiger partial charge in [-0.3, -0.25) is 4.79 Å². The normalized spacial score (nSPS) is 11.6. The van der Waals surface area contributed by atoms with E-state index in [0.717, 1.165) is 10.5 Å². The molecular formula is C19H21NO4. The fourth-order valence-electron chi connectivity index (χ4n) is 2.44. The Morgan fingerprint density at radius 2 is 1.83 bits per heavy atom. The minimum atomic E-state index is -1.12. The summed E-state index contributed by atoms with van der Waals surface area (Å²) in [4.78, 5) is 24.7. The van der Waals surface area contributed by atoms with E-state index in [9.17, 15) is 9.59 Å². The average molecular weight is 327 g/mol. The van der Waals surface area contributed by atoms with Crippen LogP contribution in [0.1, 0.15) is 29.3 Å². The predicted octanol–water partition coefficient (Wildman–Crippen LogP) is 3.84. The third kappa shape index (κ3) is 4.35. The van der Waals surface area contributed by atoms with Crippen LogP contribution in [0.15, 0.2) is 54.6 Å². The summed E-state index contributed by atoms with van der Waals surface area (Å²) < 4.78 is 5.72. The van der Waals surface area contributed by atoms with Crippen LogP contribution < -0.4 is 4.74 Å². The first-order valence-corrected chi connectivity index (χ1v) is 7.79. The number of ketones is 1. The van der Waals surface area contributed by atoms with Crippen molar-refractivity contribution in [3.8, 4) is 5.75 Å². The number of benzene rings is 2. The number of hydrogen-bond acceptors (Lipinski definition) is 3. The van der Waals surface area contributed by atoms with Crippen LogP contribution in [0.4, 0.5) is 4.79 Å². The van der Waals surface area contributed by atoms with E-state index in [-0.39, 0.29) is 5.78 Å². The lowest BCUT2D eigenvalue weighted by Crippen LogP contribution is -2.41. The van der Waals surface area contributed by atoms with E-state index in [1.54, 1.807) is 31.2 Å². The molecule has 0 saturated carbocycles. The van der Waals surface area contributed by atoms with Gasteiger partial charge in [-0.1, -0.05) is 49.4 Å². The SMILES string of the molecule is CC[C@@H](C(=O)c1cccc(OCc2ccccc2)c1)N(C)C(=O)O. The van der Waals surface area contributed by atoms with Crippen LogP contribution in [-0.4, -0.2) is 35.0 Å². The predicted molar refractivity (Wildman–Crippen MR) is 91.4 cm³/mol. The van der Waals surface area contributed by atoms with E-state index >= 15 is 0 Å². The Hall–Kier alpha value is -2.82. The zero-order chi connectivity index (χ0) is 17.5. The summed E-state index contributed by atoms with van der Waals surface area (Å²) in [6.07, 6.45) is -0.705. The number of ether oxygens (including phenoxy) is 1. The zero-order valence-corrected chi connectivity index (χ0v) is 13.8. The summed E-state index contributed by atoms with van der Waals surface area (Å²) in [7, 11) is 1.41. The third-order valence-electron chi connectivity index (χ3n) is 3.83. The molecule has 5 heteroatoms. The molecule has 24 heavy (non-hydrogen) atoms. The lowest BCUT2D eigenvalue weighted by molar-refractivity contribution is 0.0820. The Kier molecular flexibility index (Phi) is 5.95. The van der Waals surface area contributed by atoms with E-state index in [1.807, 2.05) is 30.3 Å². The fraction of sp³-hybridized carbons (Fsp3) is 0.263. The minimum Gasteiger partial charge on any atom is -0.489 e. The summed E-state index contributed by atoms with van der Waals surface area (Å²) >= 11 is 0. The summed E-state index contributed by atoms with van der Waals surface area (Å²) in [6, 6.07) is 15.9. The maximum absolute atomic E-state index is 12.6. The fourth-order valence-corrected chi connectivity index (χ4v) is 2.44. The minimum absolute atomic E-state index is 0.229. The number of Topliss-reactive ketones (excluding diaryl/α,β-unsaturated/α-hetero) is 1. The summed E-state index contributed by atoms with van der Waals surface area (Å²) in [6.45, 7) is 2.20. The zero-order valence-electron chi connectivity index (χ0n) is 13.8. The maximum Gasteiger partial charge on any atom is 0.407 e. The van der Waals surface area contributed by atoms with Gasteiger partial charge >= 0.3 is 6.09 Å². The summed E-state index contributed by atoms with van der Waals surface area (Å²) in [5.41, 5.74) is 1.48. The molecule has 2 aromatic carbocycles. The quantitative estimate of drug-likeness (QED) is 0.785. The van der Waals surface area contributed by atoms with Gasteiger partial charge in [0.1, 0.15) is 12.4 Å². The molecule has 2 aromatic rings. The van der Waals surface area contributed by atoms with Crippen molar-refractivity contribution in [2.45, 2.75) is 26.0 Å². The van der Waals surface area contributed by atoms with Crippen molar-refractivity contribution in [3.05, 3.63) is 65.7 Å². The molecule has 0 aromatic heterocycles. The van der Waals surface area contributed by atoms with E-state index < -0.39 is 12.1 Å². The van der Waals surface area contributed by atoms with Crippen LogP contribution in [-0.2, 0) is 6.61 Å². The highest BCUT2D eigenvalue weighted by Crippen LogP contribution is 2.18. The second-order valence-corrected chi connectivity index (χ2v) is 5.48. The number of carboxylic acid groups (broad SMARTS) is 1. The molecule has 0 spiro atoms. The lowest BCUT2D eigenvalue weighted by Gasteiger charge is -2.23. The van der Waals surface area contributed by atoms with Crippen LogP contribution >= 0.6 is 0 Å². The molecule has 0 saturated heterocycles. The Morgan fingerprint density at radius 1 is 1.12 bits per heavy atom. The largest absolute Gasteiger partial charge is 0.489 e. The molecule has 0 radical (unpaired) electrons. The van der Waals surface area contributed by atoms with Crippen molar-refractivity contribution in [3.63, 3.8) is 0 Å². The van der Waals surface area contributed by atoms with Crippen molar-refractivity contribution >= 4 is 11.9 Å². The van der Waals surface area contributed by atoms with Crippen molar-refractivity contribution in [1.82, 2.24) is 4.90 Å². The number of likely N-dealkylation sites (N-methyl/N-ethyl adjacent to an activating group) is 1. The van der Waals surface area contributed by atoms with Crippen molar-refractivity contribution in [2.75, 3.05) is 7.05 Å². The number of hydrogen-bond donors (Lipinski definition) is 1. The molecule has 0 aliphatic rings. The van der Waals surface area contributed by atoms with E-state index in [4.69, 9.17) is 9.84 Å². The molecule has 126 valence electrons. The first-order valence-electron chi connectivity index (χ1n) is 7.79.